The Morgan fingerprint density at radius 1 is 1.20 bits per heavy atom. The molecule has 0 aromatic heterocycles. The van der Waals surface area contributed by atoms with E-state index in [1.165, 1.54) is 0 Å². The molecule has 0 bridgehead atoms. The summed E-state index contributed by atoms with van der Waals surface area (Å²) in [5.74, 6) is 2.77. The van der Waals surface area contributed by atoms with Crippen LogP contribution in [0.2, 0.25) is 0 Å². The molecule has 0 aromatic carbocycles. The molecule has 0 amide bonds. The van der Waals surface area contributed by atoms with Gasteiger partial charge in [-0.15, -0.1) is 0 Å². The minimum absolute atomic E-state index is 0.667. The van der Waals surface area contributed by atoms with Crippen molar-refractivity contribution >= 4 is 8.38 Å². The highest BCUT2D eigenvalue weighted by molar-refractivity contribution is 7.52. The lowest BCUT2D eigenvalue weighted by atomic mass is 10.8. The quantitative estimate of drug-likeness (QED) is 0.464. The van der Waals surface area contributed by atoms with E-state index in [-0.39, 0.29) is 0 Å². The van der Waals surface area contributed by atoms with E-state index in [4.69, 9.17) is 9.05 Å². The highest BCUT2D eigenvalue weighted by Gasteiger charge is 2.02. The van der Waals surface area contributed by atoms with Gasteiger partial charge < -0.3 is 9.05 Å². The topological polar surface area (TPSA) is 18.5 Å². The Kier molecular flexibility index (Phi) is 6.96. The molecule has 0 N–H and O–H groups in total. The molecule has 58 valence electrons. The fourth-order valence-corrected chi connectivity index (χ4v) is 1.28. The zero-order valence-electron chi connectivity index (χ0n) is 6.68. The van der Waals surface area contributed by atoms with Crippen molar-refractivity contribution < 1.29 is 9.05 Å². The summed E-state index contributed by atoms with van der Waals surface area (Å²) in [5.41, 5.74) is 2.85. The van der Waals surface area contributed by atoms with E-state index >= 15 is 0 Å². The molecular formula is C7H13O2P. The first-order chi connectivity index (χ1) is 4.85. The van der Waals surface area contributed by atoms with E-state index < -0.39 is 8.38 Å². The molecule has 10 heavy (non-hydrogen) atoms. The van der Waals surface area contributed by atoms with Crippen molar-refractivity contribution in [1.82, 2.24) is 0 Å². The number of rotatable bonds is 4. The number of hydrogen-bond donors (Lipinski definition) is 0. The SMILES string of the molecule is CC#CP(OCC)OCC. The van der Waals surface area contributed by atoms with Crippen molar-refractivity contribution in [3.8, 4) is 11.6 Å². The van der Waals surface area contributed by atoms with Gasteiger partial charge in [0, 0.05) is 0 Å². The van der Waals surface area contributed by atoms with Crippen LogP contribution in [0.4, 0.5) is 0 Å². The van der Waals surface area contributed by atoms with Crippen molar-refractivity contribution in [2.24, 2.45) is 0 Å². The van der Waals surface area contributed by atoms with Gasteiger partial charge in [0.2, 0.25) is 0 Å². The molecule has 0 aliphatic carbocycles. The van der Waals surface area contributed by atoms with Crippen LogP contribution in [-0.2, 0) is 9.05 Å². The molecule has 0 rings (SSSR count). The number of hydrogen-bond acceptors (Lipinski definition) is 2. The third-order valence-electron chi connectivity index (χ3n) is 0.696. The largest absolute Gasteiger partial charge is 0.325 e. The van der Waals surface area contributed by atoms with E-state index in [9.17, 15) is 0 Å². The molecule has 2 nitrogen and oxygen atoms in total. The standard InChI is InChI=1S/C7H13O2P/c1-4-7-10(8-5-2)9-6-3/h5-6H2,1-3H3. The second-order valence-corrected chi connectivity index (χ2v) is 2.71. The van der Waals surface area contributed by atoms with E-state index in [0.717, 1.165) is 0 Å². The molecule has 0 fully saturated rings. The molecule has 0 unspecified atom stereocenters. The van der Waals surface area contributed by atoms with Crippen LogP contribution in [0.3, 0.4) is 0 Å². The summed E-state index contributed by atoms with van der Waals surface area (Å²) < 4.78 is 10.4. The average Bonchev–Trinajstić information content (AvgIpc) is 1.90. The van der Waals surface area contributed by atoms with Gasteiger partial charge in [0.05, 0.1) is 13.2 Å². The van der Waals surface area contributed by atoms with Gasteiger partial charge in [0.1, 0.15) is 0 Å². The van der Waals surface area contributed by atoms with Gasteiger partial charge in [-0.2, -0.15) is 0 Å². The predicted octanol–water partition coefficient (Wildman–Crippen LogP) is 2.35. The van der Waals surface area contributed by atoms with Crippen LogP contribution in [0.1, 0.15) is 20.8 Å². The maximum atomic E-state index is 5.19. The van der Waals surface area contributed by atoms with E-state index in [1.54, 1.807) is 6.92 Å². The van der Waals surface area contributed by atoms with Gasteiger partial charge in [-0.3, -0.25) is 0 Å². The normalized spacial score (nSPS) is 9.20. The molecule has 0 atom stereocenters. The third kappa shape index (κ3) is 4.76. The molecule has 0 spiro atoms. The van der Waals surface area contributed by atoms with Crippen LogP contribution in [0.25, 0.3) is 0 Å². The molecule has 0 saturated heterocycles. The highest BCUT2D eigenvalue weighted by Crippen LogP contribution is 2.35. The van der Waals surface area contributed by atoms with Crippen LogP contribution in [0.15, 0.2) is 0 Å². The first kappa shape index (κ1) is 9.91. The fourth-order valence-electron chi connectivity index (χ4n) is 0.428. The van der Waals surface area contributed by atoms with Crippen LogP contribution < -0.4 is 0 Å². The highest BCUT2D eigenvalue weighted by atomic mass is 31.2. The summed E-state index contributed by atoms with van der Waals surface area (Å²) in [7, 11) is -0.922. The second-order valence-electron chi connectivity index (χ2n) is 1.45. The molecule has 3 heteroatoms. The maximum absolute atomic E-state index is 5.19. The maximum Gasteiger partial charge on any atom is 0.256 e. The Morgan fingerprint density at radius 3 is 2.00 bits per heavy atom. The van der Waals surface area contributed by atoms with Crippen molar-refractivity contribution in [2.45, 2.75) is 20.8 Å². The lowest BCUT2D eigenvalue weighted by molar-refractivity contribution is 0.278. The van der Waals surface area contributed by atoms with E-state index in [0.29, 0.717) is 13.2 Å². The Hall–Kier alpha value is -0.0900. The van der Waals surface area contributed by atoms with Gasteiger partial charge in [-0.25, -0.2) is 0 Å². The molecule has 0 radical (unpaired) electrons. The van der Waals surface area contributed by atoms with Gasteiger partial charge in [-0.05, 0) is 26.4 Å². The predicted molar refractivity (Wildman–Crippen MR) is 43.6 cm³/mol. The molecule has 0 heterocycles. The molecule has 0 aromatic rings. The smallest absolute Gasteiger partial charge is 0.256 e. The molecule has 0 aliphatic rings. The lowest BCUT2D eigenvalue weighted by Crippen LogP contribution is -1.87. The van der Waals surface area contributed by atoms with Crippen molar-refractivity contribution in [2.75, 3.05) is 13.2 Å². The Morgan fingerprint density at radius 2 is 1.70 bits per heavy atom. The van der Waals surface area contributed by atoms with Gasteiger partial charge >= 0.3 is 0 Å². The lowest BCUT2D eigenvalue weighted by Gasteiger charge is -2.07. The summed E-state index contributed by atoms with van der Waals surface area (Å²) in [4.78, 5) is 0. The third-order valence-corrected chi connectivity index (χ3v) is 2.09. The summed E-state index contributed by atoms with van der Waals surface area (Å²) in [6, 6.07) is 0. The minimum atomic E-state index is -0.922. The summed E-state index contributed by atoms with van der Waals surface area (Å²) in [6.07, 6.45) is 0. The van der Waals surface area contributed by atoms with Gasteiger partial charge in [-0.1, -0.05) is 5.92 Å². The van der Waals surface area contributed by atoms with Crippen molar-refractivity contribution in [3.05, 3.63) is 0 Å². The first-order valence-corrected chi connectivity index (χ1v) is 4.51. The van der Waals surface area contributed by atoms with Crippen LogP contribution in [0.5, 0.6) is 0 Å². The van der Waals surface area contributed by atoms with Crippen molar-refractivity contribution in [1.29, 1.82) is 0 Å². The Bertz CT molecular complexity index is 119. The summed E-state index contributed by atoms with van der Waals surface area (Å²) in [5, 5.41) is 0. The van der Waals surface area contributed by atoms with Crippen molar-refractivity contribution in [3.63, 3.8) is 0 Å². The minimum Gasteiger partial charge on any atom is -0.325 e. The molecule has 0 aliphatic heterocycles. The zero-order valence-corrected chi connectivity index (χ0v) is 7.57. The zero-order chi connectivity index (χ0) is 7.82. The van der Waals surface area contributed by atoms with Crippen LogP contribution in [0, 0.1) is 11.6 Å². The fraction of sp³-hybridized carbons (Fsp3) is 0.714. The van der Waals surface area contributed by atoms with E-state index in [2.05, 4.69) is 11.6 Å². The molecular weight excluding hydrogens is 147 g/mol. The first-order valence-electron chi connectivity index (χ1n) is 3.33. The van der Waals surface area contributed by atoms with E-state index in [1.807, 2.05) is 13.8 Å². The Balaban J connectivity index is 3.57. The van der Waals surface area contributed by atoms with Crippen LogP contribution >= 0.6 is 8.38 Å². The van der Waals surface area contributed by atoms with Gasteiger partial charge in [0.25, 0.3) is 8.38 Å². The monoisotopic (exact) mass is 160 g/mol. The second kappa shape index (κ2) is 7.02. The summed E-state index contributed by atoms with van der Waals surface area (Å²) in [6.45, 7) is 6.99. The van der Waals surface area contributed by atoms with Crippen LogP contribution in [-0.4, -0.2) is 13.2 Å². The van der Waals surface area contributed by atoms with Gasteiger partial charge in [0.15, 0.2) is 0 Å². The average molecular weight is 160 g/mol. The Labute approximate surface area is 63.8 Å². The summed E-state index contributed by atoms with van der Waals surface area (Å²) >= 11 is 0. The molecule has 0 saturated carbocycles.